The van der Waals surface area contributed by atoms with Gasteiger partial charge in [0, 0.05) is 22.3 Å². The average molecular weight is 631 g/mol. The summed E-state index contributed by atoms with van der Waals surface area (Å²) in [6, 6.07) is 6.14. The summed E-state index contributed by atoms with van der Waals surface area (Å²) in [5.41, 5.74) is -1.89. The number of nitrogens with zero attached hydrogens (tertiary/aromatic N) is 1. The second kappa shape index (κ2) is 10.5. The fraction of sp³-hybridized carbons (Fsp3) is 0.125. The van der Waals surface area contributed by atoms with Crippen molar-refractivity contribution in [3.8, 4) is 0 Å². The van der Waals surface area contributed by atoms with Gasteiger partial charge in [-0.15, -0.1) is 0 Å². The minimum atomic E-state index is -3.93. The van der Waals surface area contributed by atoms with E-state index in [9.17, 15) is 22.4 Å². The molecule has 0 unspecified atom stereocenters. The standard InChI is InChI=1S/C24H16BrCl2F2N3O4S/c1-2-8-37(35,36)32-16-7-6-15(28)20(21(16)29)22(33)11-9-30-24-17(11)18(12(25)10-31-24)23(34)19-13(26)4-3-5-14(19)27/h3-7,9-10,32H,2,8H2,1H3,(H,30,31). The Morgan fingerprint density at radius 1 is 1.05 bits per heavy atom. The van der Waals surface area contributed by atoms with E-state index < -0.39 is 44.5 Å². The Morgan fingerprint density at radius 3 is 2.38 bits per heavy atom. The summed E-state index contributed by atoms with van der Waals surface area (Å²) in [4.78, 5) is 33.9. The first-order chi connectivity index (χ1) is 17.5. The maximum atomic E-state index is 15.3. The minimum absolute atomic E-state index is 0.0314. The van der Waals surface area contributed by atoms with Crippen molar-refractivity contribution >= 4 is 77.4 Å². The number of hydrogen-bond donors (Lipinski definition) is 2. The molecule has 0 aliphatic carbocycles. The quantitative estimate of drug-likeness (QED) is 0.215. The van der Waals surface area contributed by atoms with Gasteiger partial charge in [0.05, 0.1) is 43.7 Å². The van der Waals surface area contributed by atoms with Gasteiger partial charge in [0.1, 0.15) is 11.5 Å². The molecule has 0 saturated heterocycles. The van der Waals surface area contributed by atoms with Crippen LogP contribution in [-0.2, 0) is 10.0 Å². The number of anilines is 1. The predicted octanol–water partition coefficient (Wildman–Crippen LogP) is 6.52. The number of sulfonamides is 1. The van der Waals surface area contributed by atoms with Crippen LogP contribution in [0.3, 0.4) is 0 Å². The van der Waals surface area contributed by atoms with Crippen molar-refractivity contribution in [3.05, 3.63) is 91.1 Å². The number of carbonyl (C=O) groups excluding carboxylic acids is 2. The number of rotatable bonds is 8. The van der Waals surface area contributed by atoms with Gasteiger partial charge in [0.2, 0.25) is 15.8 Å². The van der Waals surface area contributed by atoms with Crippen LogP contribution in [-0.4, -0.2) is 35.7 Å². The van der Waals surface area contributed by atoms with Gasteiger partial charge in [-0.1, -0.05) is 36.2 Å². The van der Waals surface area contributed by atoms with Gasteiger partial charge in [-0.3, -0.25) is 14.3 Å². The predicted molar refractivity (Wildman–Crippen MR) is 141 cm³/mol. The van der Waals surface area contributed by atoms with Gasteiger partial charge in [-0.25, -0.2) is 22.2 Å². The zero-order chi connectivity index (χ0) is 27.1. The average Bonchev–Trinajstić information content (AvgIpc) is 3.24. The Balaban J connectivity index is 1.90. The number of hydrogen-bond acceptors (Lipinski definition) is 5. The SMILES string of the molecule is CCCS(=O)(=O)Nc1ccc(F)c(C(=O)c2c[nH]c3ncc(Br)c(C(=O)c4c(Cl)cccc4Cl)c23)c1F. The number of fused-ring (bicyclic) bond motifs is 1. The van der Waals surface area contributed by atoms with E-state index in [1.165, 1.54) is 18.3 Å². The van der Waals surface area contributed by atoms with Gasteiger partial charge < -0.3 is 4.98 Å². The topological polar surface area (TPSA) is 109 Å². The number of carbonyl (C=O) groups is 2. The van der Waals surface area contributed by atoms with Gasteiger partial charge in [0.15, 0.2) is 11.6 Å². The first kappa shape index (κ1) is 27.2. The lowest BCUT2D eigenvalue weighted by Gasteiger charge is -2.12. The highest BCUT2D eigenvalue weighted by molar-refractivity contribution is 9.10. The molecule has 0 spiro atoms. The lowest BCUT2D eigenvalue weighted by Crippen LogP contribution is -2.18. The summed E-state index contributed by atoms with van der Waals surface area (Å²) in [7, 11) is -3.93. The third-order valence-electron chi connectivity index (χ3n) is 5.37. The van der Waals surface area contributed by atoms with Crippen LogP contribution >= 0.6 is 39.1 Å². The van der Waals surface area contributed by atoms with E-state index in [2.05, 4.69) is 25.9 Å². The maximum absolute atomic E-state index is 15.3. The largest absolute Gasteiger partial charge is 0.345 e. The Labute approximate surface area is 228 Å². The van der Waals surface area contributed by atoms with Crippen molar-refractivity contribution in [2.75, 3.05) is 10.5 Å². The van der Waals surface area contributed by atoms with Gasteiger partial charge in [0.25, 0.3) is 0 Å². The summed E-state index contributed by atoms with van der Waals surface area (Å²) in [6.45, 7) is 1.62. The lowest BCUT2D eigenvalue weighted by molar-refractivity contribution is 0.103. The number of halogens is 5. The van der Waals surface area contributed by atoms with Gasteiger partial charge in [-0.05, 0) is 46.6 Å². The van der Waals surface area contributed by atoms with Gasteiger partial charge >= 0.3 is 0 Å². The molecule has 0 saturated carbocycles. The lowest BCUT2D eigenvalue weighted by atomic mass is 9.95. The molecule has 0 aliphatic heterocycles. The van der Waals surface area contributed by atoms with Crippen molar-refractivity contribution in [2.24, 2.45) is 0 Å². The normalized spacial score (nSPS) is 11.6. The molecule has 37 heavy (non-hydrogen) atoms. The van der Waals surface area contributed by atoms with Crippen molar-refractivity contribution in [1.29, 1.82) is 0 Å². The molecular weight excluding hydrogens is 615 g/mol. The number of pyridine rings is 1. The smallest absolute Gasteiger partial charge is 0.232 e. The molecule has 7 nitrogen and oxygen atoms in total. The summed E-state index contributed by atoms with van der Waals surface area (Å²) < 4.78 is 56.6. The van der Waals surface area contributed by atoms with Crippen molar-refractivity contribution < 1.29 is 26.8 Å². The van der Waals surface area contributed by atoms with Crippen LogP contribution in [0.4, 0.5) is 14.5 Å². The molecule has 192 valence electrons. The fourth-order valence-corrected chi connectivity index (χ4v) is 5.96. The molecule has 13 heteroatoms. The van der Waals surface area contributed by atoms with E-state index >= 15 is 4.39 Å². The zero-order valence-electron chi connectivity index (χ0n) is 18.8. The van der Waals surface area contributed by atoms with E-state index in [-0.39, 0.29) is 54.4 Å². The highest BCUT2D eigenvalue weighted by atomic mass is 79.9. The summed E-state index contributed by atoms with van der Waals surface area (Å²) in [5, 5.41) is 0.0833. The molecule has 2 heterocycles. The van der Waals surface area contributed by atoms with Crippen LogP contribution in [0, 0.1) is 11.6 Å². The first-order valence-electron chi connectivity index (χ1n) is 10.6. The Bertz CT molecular complexity index is 1670. The molecule has 4 aromatic rings. The number of benzene rings is 2. The van der Waals surface area contributed by atoms with Crippen molar-refractivity contribution in [3.63, 3.8) is 0 Å². The third-order valence-corrected chi connectivity index (χ3v) is 8.08. The van der Waals surface area contributed by atoms with E-state index in [4.69, 9.17) is 23.2 Å². The van der Waals surface area contributed by atoms with E-state index in [0.29, 0.717) is 0 Å². The molecule has 0 fully saturated rings. The molecular formula is C24H16BrCl2F2N3O4S. The van der Waals surface area contributed by atoms with Crippen LogP contribution in [0.25, 0.3) is 11.0 Å². The molecule has 2 aromatic heterocycles. The highest BCUT2D eigenvalue weighted by Gasteiger charge is 2.30. The fourth-order valence-electron chi connectivity index (χ4n) is 3.77. The number of H-pyrrole nitrogens is 1. The molecule has 4 rings (SSSR count). The van der Waals surface area contributed by atoms with Crippen LogP contribution in [0.15, 0.2) is 47.2 Å². The number of aromatic amines is 1. The Kier molecular flexibility index (Phi) is 7.70. The van der Waals surface area contributed by atoms with Crippen molar-refractivity contribution in [2.45, 2.75) is 13.3 Å². The second-order valence-corrected chi connectivity index (χ2v) is 11.4. The molecule has 0 bridgehead atoms. The summed E-state index contributed by atoms with van der Waals surface area (Å²) in [5.74, 6) is -4.72. The highest BCUT2D eigenvalue weighted by Crippen LogP contribution is 2.35. The molecule has 0 amide bonds. The van der Waals surface area contributed by atoms with Crippen LogP contribution in [0.5, 0.6) is 0 Å². The third kappa shape index (κ3) is 5.13. The molecule has 0 aliphatic rings. The monoisotopic (exact) mass is 629 g/mol. The van der Waals surface area contributed by atoms with E-state index in [1.807, 2.05) is 4.72 Å². The number of aromatic nitrogens is 2. The molecule has 0 atom stereocenters. The van der Waals surface area contributed by atoms with Crippen LogP contribution in [0.1, 0.15) is 45.2 Å². The van der Waals surface area contributed by atoms with Crippen LogP contribution in [0.2, 0.25) is 10.0 Å². The van der Waals surface area contributed by atoms with E-state index in [0.717, 1.165) is 18.3 Å². The summed E-state index contributed by atoms with van der Waals surface area (Å²) >= 11 is 15.7. The van der Waals surface area contributed by atoms with Gasteiger partial charge in [-0.2, -0.15) is 0 Å². The van der Waals surface area contributed by atoms with E-state index in [1.54, 1.807) is 13.0 Å². The second-order valence-electron chi connectivity index (χ2n) is 7.87. The number of nitrogens with one attached hydrogen (secondary N) is 2. The zero-order valence-corrected chi connectivity index (χ0v) is 22.7. The molecule has 0 radical (unpaired) electrons. The minimum Gasteiger partial charge on any atom is -0.345 e. The first-order valence-corrected chi connectivity index (χ1v) is 13.8. The van der Waals surface area contributed by atoms with Crippen LogP contribution < -0.4 is 4.72 Å². The summed E-state index contributed by atoms with van der Waals surface area (Å²) in [6.07, 6.45) is 2.73. The molecule has 2 aromatic carbocycles. The number of ketones is 2. The Hall–Kier alpha value is -2.86. The Morgan fingerprint density at radius 2 is 1.73 bits per heavy atom. The maximum Gasteiger partial charge on any atom is 0.232 e. The van der Waals surface area contributed by atoms with Crippen molar-refractivity contribution in [1.82, 2.24) is 9.97 Å². The molecule has 2 N–H and O–H groups in total.